The lowest BCUT2D eigenvalue weighted by atomic mass is 10.1. The Kier molecular flexibility index (Phi) is 7.30. The van der Waals surface area contributed by atoms with Gasteiger partial charge < -0.3 is 15.4 Å². The molecule has 0 aromatic heterocycles. The number of carbonyl (C=O) groups excluding carboxylic acids is 2. The van der Waals surface area contributed by atoms with Gasteiger partial charge in [0, 0.05) is 11.4 Å². The number of hydrogen-bond donors (Lipinski definition) is 2. The average molecular weight is 424 g/mol. The molecule has 6 nitrogen and oxygen atoms in total. The van der Waals surface area contributed by atoms with E-state index in [0.717, 1.165) is 28.2 Å². The Hall–Kier alpha value is -3.06. The zero-order valence-corrected chi connectivity index (χ0v) is 18.1. The number of thioether (sulfide) groups is 1. The molecule has 1 aliphatic rings. The van der Waals surface area contributed by atoms with Gasteiger partial charge in [-0.05, 0) is 62.2 Å². The molecule has 1 amide bonds. The van der Waals surface area contributed by atoms with Crippen molar-refractivity contribution in [3.63, 3.8) is 0 Å². The van der Waals surface area contributed by atoms with Crippen LogP contribution in [0.25, 0.3) is 0 Å². The van der Waals surface area contributed by atoms with Gasteiger partial charge in [0.25, 0.3) is 0 Å². The number of fused-ring (bicyclic) bond motifs is 1. The molecule has 0 radical (unpaired) electrons. The van der Waals surface area contributed by atoms with Crippen LogP contribution < -0.4 is 10.6 Å². The standard InChI is InChI=1S/C23H25N3O3S/c1-4-29-23(28)13-18-12-22(26-20-11-16(3)15(2)10-19(20)24-18)30-14-21(27)25-17-8-6-5-7-9-17/h5-12,24H,4,13-14H2,1-3H3,(H,25,27). The first-order valence-electron chi connectivity index (χ1n) is 9.75. The van der Waals surface area contributed by atoms with Crippen molar-refractivity contribution in [1.29, 1.82) is 0 Å². The number of hydrogen-bond acceptors (Lipinski definition) is 6. The quantitative estimate of drug-likeness (QED) is 0.642. The maximum Gasteiger partial charge on any atom is 0.311 e. The molecule has 2 N–H and O–H groups in total. The third kappa shape index (κ3) is 5.97. The van der Waals surface area contributed by atoms with Crippen molar-refractivity contribution in [1.82, 2.24) is 0 Å². The van der Waals surface area contributed by atoms with Crippen LogP contribution in [0.1, 0.15) is 24.5 Å². The Balaban J connectivity index is 1.79. The molecule has 0 saturated carbocycles. The van der Waals surface area contributed by atoms with Gasteiger partial charge in [-0.25, -0.2) is 4.99 Å². The van der Waals surface area contributed by atoms with E-state index in [-0.39, 0.29) is 24.1 Å². The van der Waals surface area contributed by atoms with Crippen molar-refractivity contribution in [3.8, 4) is 0 Å². The molecule has 0 spiro atoms. The fraction of sp³-hybridized carbons (Fsp3) is 0.261. The highest BCUT2D eigenvalue weighted by Gasteiger charge is 2.16. The summed E-state index contributed by atoms with van der Waals surface area (Å²) in [4.78, 5) is 29.1. The average Bonchev–Trinajstić information content (AvgIpc) is 2.86. The fourth-order valence-corrected chi connectivity index (χ4v) is 3.64. The number of nitrogens with zero attached hydrogens (tertiary/aromatic N) is 1. The van der Waals surface area contributed by atoms with Crippen LogP contribution in [0.4, 0.5) is 17.1 Å². The molecule has 2 aromatic rings. The molecule has 0 aliphatic carbocycles. The van der Waals surface area contributed by atoms with Gasteiger partial charge >= 0.3 is 5.97 Å². The predicted molar refractivity (Wildman–Crippen MR) is 123 cm³/mol. The van der Waals surface area contributed by atoms with E-state index in [0.29, 0.717) is 17.3 Å². The smallest absolute Gasteiger partial charge is 0.311 e. The Bertz CT molecular complexity index is 1000. The zero-order valence-electron chi connectivity index (χ0n) is 17.3. The molecule has 0 fully saturated rings. The lowest BCUT2D eigenvalue weighted by Crippen LogP contribution is -2.15. The maximum absolute atomic E-state index is 12.3. The van der Waals surface area contributed by atoms with Crippen molar-refractivity contribution in [2.45, 2.75) is 27.2 Å². The first-order valence-corrected chi connectivity index (χ1v) is 10.7. The van der Waals surface area contributed by atoms with Gasteiger partial charge in [0.2, 0.25) is 5.91 Å². The van der Waals surface area contributed by atoms with Gasteiger partial charge in [0.1, 0.15) is 0 Å². The highest BCUT2D eigenvalue weighted by Crippen LogP contribution is 2.33. The number of ether oxygens (including phenoxy) is 1. The molecule has 2 aromatic carbocycles. The van der Waals surface area contributed by atoms with Crippen molar-refractivity contribution in [2.75, 3.05) is 23.0 Å². The summed E-state index contributed by atoms with van der Waals surface area (Å²) in [5.41, 5.74) is 5.30. The van der Waals surface area contributed by atoms with Gasteiger partial charge in [-0.2, -0.15) is 0 Å². The third-order valence-corrected chi connectivity index (χ3v) is 5.40. The number of aryl methyl sites for hydroxylation is 2. The second kappa shape index (κ2) is 10.1. The normalized spacial score (nSPS) is 12.6. The highest BCUT2D eigenvalue weighted by molar-refractivity contribution is 8.14. The fourth-order valence-electron chi connectivity index (χ4n) is 2.90. The van der Waals surface area contributed by atoms with E-state index in [4.69, 9.17) is 9.73 Å². The number of aliphatic imine (C=N–C) groups is 1. The molecule has 0 bridgehead atoms. The Morgan fingerprint density at radius 1 is 1.13 bits per heavy atom. The SMILES string of the molecule is CCOC(=O)CC1=CC(SCC(=O)Nc2ccccc2)=Nc2cc(C)c(C)cc2N1. The number of esters is 1. The molecule has 0 unspecified atom stereocenters. The minimum Gasteiger partial charge on any atom is -0.466 e. The lowest BCUT2D eigenvalue weighted by Gasteiger charge is -2.12. The highest BCUT2D eigenvalue weighted by atomic mass is 32.2. The molecule has 0 saturated heterocycles. The van der Waals surface area contributed by atoms with Crippen molar-refractivity contribution >= 4 is 45.7 Å². The van der Waals surface area contributed by atoms with Crippen LogP contribution in [0.3, 0.4) is 0 Å². The summed E-state index contributed by atoms with van der Waals surface area (Å²) in [6.45, 7) is 6.17. The van der Waals surface area contributed by atoms with Gasteiger partial charge in [0.05, 0.1) is 35.2 Å². The molecule has 1 aliphatic heterocycles. The summed E-state index contributed by atoms with van der Waals surface area (Å²) in [6, 6.07) is 13.3. The summed E-state index contributed by atoms with van der Waals surface area (Å²) in [5.74, 6) is -0.224. The summed E-state index contributed by atoms with van der Waals surface area (Å²) >= 11 is 1.33. The largest absolute Gasteiger partial charge is 0.466 e. The first-order chi connectivity index (χ1) is 14.4. The van der Waals surface area contributed by atoms with Crippen LogP contribution >= 0.6 is 11.8 Å². The summed E-state index contributed by atoms with van der Waals surface area (Å²) in [6.07, 6.45) is 1.91. The molecule has 7 heteroatoms. The molecular weight excluding hydrogens is 398 g/mol. The molecular formula is C23H25N3O3S. The predicted octanol–water partition coefficient (Wildman–Crippen LogP) is 4.97. The van der Waals surface area contributed by atoms with Crippen LogP contribution in [0.5, 0.6) is 0 Å². The number of rotatable bonds is 6. The minimum absolute atomic E-state index is 0.107. The van der Waals surface area contributed by atoms with Crippen LogP contribution in [0.15, 0.2) is 59.2 Å². The van der Waals surface area contributed by atoms with Crippen molar-refractivity contribution in [2.24, 2.45) is 4.99 Å². The zero-order chi connectivity index (χ0) is 21.5. The van der Waals surface area contributed by atoms with Crippen LogP contribution in [0, 0.1) is 13.8 Å². The first kappa shape index (κ1) is 21.6. The monoisotopic (exact) mass is 423 g/mol. The number of nitrogens with one attached hydrogen (secondary N) is 2. The van der Waals surface area contributed by atoms with E-state index in [1.54, 1.807) is 6.92 Å². The second-order valence-electron chi connectivity index (χ2n) is 6.88. The number of amides is 1. The van der Waals surface area contributed by atoms with Crippen LogP contribution in [0.2, 0.25) is 0 Å². The van der Waals surface area contributed by atoms with Gasteiger partial charge in [-0.15, -0.1) is 0 Å². The van der Waals surface area contributed by atoms with E-state index in [1.807, 2.05) is 62.4 Å². The number of para-hydroxylation sites is 1. The van der Waals surface area contributed by atoms with Crippen LogP contribution in [-0.4, -0.2) is 29.3 Å². The molecule has 156 valence electrons. The molecule has 1 heterocycles. The van der Waals surface area contributed by atoms with E-state index in [9.17, 15) is 9.59 Å². The van der Waals surface area contributed by atoms with E-state index in [1.165, 1.54) is 11.8 Å². The van der Waals surface area contributed by atoms with Gasteiger partial charge in [-0.1, -0.05) is 30.0 Å². The van der Waals surface area contributed by atoms with Crippen LogP contribution in [-0.2, 0) is 14.3 Å². The topological polar surface area (TPSA) is 79.8 Å². The Labute approximate surface area is 180 Å². The second-order valence-corrected chi connectivity index (χ2v) is 7.88. The number of anilines is 2. The van der Waals surface area contributed by atoms with E-state index < -0.39 is 0 Å². The Morgan fingerprint density at radius 2 is 1.87 bits per heavy atom. The van der Waals surface area contributed by atoms with Crippen molar-refractivity contribution in [3.05, 3.63) is 65.4 Å². The Morgan fingerprint density at radius 3 is 2.60 bits per heavy atom. The number of carbonyl (C=O) groups is 2. The van der Waals surface area contributed by atoms with E-state index in [2.05, 4.69) is 10.6 Å². The molecule has 0 atom stereocenters. The van der Waals surface area contributed by atoms with Crippen molar-refractivity contribution < 1.29 is 14.3 Å². The van der Waals surface area contributed by atoms with E-state index >= 15 is 0 Å². The summed E-state index contributed by atoms with van der Waals surface area (Å²) < 4.78 is 5.09. The summed E-state index contributed by atoms with van der Waals surface area (Å²) in [5, 5.41) is 6.83. The maximum atomic E-state index is 12.3. The molecule has 30 heavy (non-hydrogen) atoms. The molecule has 3 rings (SSSR count). The summed E-state index contributed by atoms with van der Waals surface area (Å²) in [7, 11) is 0. The third-order valence-electron chi connectivity index (χ3n) is 4.48. The lowest BCUT2D eigenvalue weighted by molar-refractivity contribution is -0.142. The number of benzene rings is 2. The van der Waals surface area contributed by atoms with Gasteiger partial charge in [0.15, 0.2) is 0 Å². The van der Waals surface area contributed by atoms with Gasteiger partial charge in [-0.3, -0.25) is 9.59 Å². The minimum atomic E-state index is -0.310.